The van der Waals surface area contributed by atoms with E-state index in [1.165, 1.54) is 0 Å². The van der Waals surface area contributed by atoms with Crippen LogP contribution >= 0.6 is 0 Å². The molecule has 2 rings (SSSR count). The third-order valence-electron chi connectivity index (χ3n) is 2.52. The maximum Gasteiger partial charge on any atom is 0.258 e. The molecule has 17 heavy (non-hydrogen) atoms. The van der Waals surface area contributed by atoms with Gasteiger partial charge in [-0.2, -0.15) is 4.98 Å². The molecule has 5 heteroatoms. The van der Waals surface area contributed by atoms with Crippen LogP contribution in [0.15, 0.2) is 22.9 Å². The molecule has 2 aromatic heterocycles. The van der Waals surface area contributed by atoms with Crippen molar-refractivity contribution in [3.8, 4) is 11.5 Å². The van der Waals surface area contributed by atoms with Gasteiger partial charge in [0.1, 0.15) is 0 Å². The highest BCUT2D eigenvalue weighted by Crippen LogP contribution is 2.20. The Morgan fingerprint density at radius 1 is 1.47 bits per heavy atom. The lowest BCUT2D eigenvalue weighted by molar-refractivity contribution is 0.413. The van der Waals surface area contributed by atoms with Crippen LogP contribution in [0.4, 0.5) is 0 Å². The number of nitrogens with two attached hydrogens (primary N) is 1. The first-order valence-corrected chi connectivity index (χ1v) is 5.73. The molecule has 90 valence electrons. The van der Waals surface area contributed by atoms with Gasteiger partial charge in [0, 0.05) is 17.5 Å². The topological polar surface area (TPSA) is 77.8 Å². The highest BCUT2D eigenvalue weighted by molar-refractivity contribution is 5.52. The van der Waals surface area contributed by atoms with E-state index in [-0.39, 0.29) is 6.04 Å². The summed E-state index contributed by atoms with van der Waals surface area (Å²) in [7, 11) is 0. The largest absolute Gasteiger partial charge is 0.334 e. The molecule has 5 nitrogen and oxygen atoms in total. The van der Waals surface area contributed by atoms with Gasteiger partial charge >= 0.3 is 0 Å². The molecule has 0 radical (unpaired) electrons. The summed E-state index contributed by atoms with van der Waals surface area (Å²) >= 11 is 0. The molecule has 0 aliphatic carbocycles. The third-order valence-corrected chi connectivity index (χ3v) is 2.52. The average Bonchev–Trinajstić information content (AvgIpc) is 2.78. The van der Waals surface area contributed by atoms with Gasteiger partial charge in [-0.1, -0.05) is 18.5 Å². The van der Waals surface area contributed by atoms with Crippen molar-refractivity contribution in [2.75, 3.05) is 0 Å². The molecular weight excluding hydrogens is 216 g/mol. The van der Waals surface area contributed by atoms with Crippen LogP contribution in [0.1, 0.15) is 37.3 Å². The van der Waals surface area contributed by atoms with Crippen molar-refractivity contribution < 1.29 is 4.52 Å². The smallest absolute Gasteiger partial charge is 0.258 e. The number of hydrogen-bond donors (Lipinski definition) is 1. The number of hydrogen-bond acceptors (Lipinski definition) is 5. The quantitative estimate of drug-likeness (QED) is 0.874. The molecule has 0 aliphatic rings. The molecule has 0 amide bonds. The fourth-order valence-electron chi connectivity index (χ4n) is 1.62. The summed E-state index contributed by atoms with van der Waals surface area (Å²) in [5.74, 6) is 1.06. The van der Waals surface area contributed by atoms with Crippen LogP contribution in [0.2, 0.25) is 0 Å². The van der Waals surface area contributed by atoms with Crippen LogP contribution in [-0.2, 0) is 0 Å². The summed E-state index contributed by atoms with van der Waals surface area (Å²) in [4.78, 5) is 8.43. The predicted molar refractivity (Wildman–Crippen MR) is 64.1 cm³/mol. The van der Waals surface area contributed by atoms with Gasteiger partial charge < -0.3 is 10.3 Å². The summed E-state index contributed by atoms with van der Waals surface area (Å²) in [6.45, 7) is 4.00. The van der Waals surface area contributed by atoms with E-state index in [0.29, 0.717) is 11.7 Å². The second kappa shape index (κ2) is 5.05. The Bertz CT molecular complexity index is 495. The van der Waals surface area contributed by atoms with Gasteiger partial charge in [0.2, 0.25) is 0 Å². The first-order valence-electron chi connectivity index (χ1n) is 5.73. The lowest BCUT2D eigenvalue weighted by Crippen LogP contribution is -2.11. The molecule has 2 heterocycles. The minimum atomic E-state index is -0.152. The van der Waals surface area contributed by atoms with E-state index < -0.39 is 0 Å². The van der Waals surface area contributed by atoms with E-state index in [1.807, 2.05) is 19.1 Å². The molecular formula is C12H16N4O. The van der Waals surface area contributed by atoms with Crippen LogP contribution < -0.4 is 5.73 Å². The standard InChI is InChI=1S/C12H16N4O/c1-3-4-10(13)11-15-12(17-16-11)9-5-6-14-8(2)7-9/h5-7,10H,3-4,13H2,1-2H3. The monoisotopic (exact) mass is 232 g/mol. The molecule has 2 aromatic rings. The first-order chi connectivity index (χ1) is 8.20. The predicted octanol–water partition coefficient (Wildman–Crippen LogP) is 2.24. The molecule has 0 spiro atoms. The second-order valence-electron chi connectivity index (χ2n) is 4.04. The van der Waals surface area contributed by atoms with Crippen LogP contribution in [0.25, 0.3) is 11.5 Å². The number of nitrogens with zero attached hydrogens (tertiary/aromatic N) is 3. The van der Waals surface area contributed by atoms with Gasteiger partial charge in [0.25, 0.3) is 5.89 Å². The molecule has 0 aliphatic heterocycles. The zero-order valence-electron chi connectivity index (χ0n) is 10.1. The van der Waals surface area contributed by atoms with E-state index >= 15 is 0 Å². The van der Waals surface area contributed by atoms with E-state index in [2.05, 4.69) is 22.0 Å². The summed E-state index contributed by atoms with van der Waals surface area (Å²) in [5.41, 5.74) is 7.72. The summed E-state index contributed by atoms with van der Waals surface area (Å²) in [5, 5.41) is 3.91. The Morgan fingerprint density at radius 2 is 2.29 bits per heavy atom. The fraction of sp³-hybridized carbons (Fsp3) is 0.417. The molecule has 1 unspecified atom stereocenters. The van der Waals surface area contributed by atoms with Crippen molar-refractivity contribution in [1.29, 1.82) is 0 Å². The van der Waals surface area contributed by atoms with Crippen molar-refractivity contribution in [3.63, 3.8) is 0 Å². The van der Waals surface area contributed by atoms with Gasteiger partial charge in [-0.15, -0.1) is 0 Å². The summed E-state index contributed by atoms with van der Waals surface area (Å²) in [6, 6.07) is 3.60. The number of aryl methyl sites for hydroxylation is 1. The van der Waals surface area contributed by atoms with Gasteiger partial charge in [0.15, 0.2) is 5.82 Å². The fourth-order valence-corrected chi connectivity index (χ4v) is 1.62. The molecule has 0 aromatic carbocycles. The minimum absolute atomic E-state index is 0.152. The Morgan fingerprint density at radius 3 is 3.00 bits per heavy atom. The van der Waals surface area contributed by atoms with Crippen LogP contribution in [0, 0.1) is 6.92 Å². The lowest BCUT2D eigenvalue weighted by Gasteiger charge is -2.02. The van der Waals surface area contributed by atoms with E-state index in [1.54, 1.807) is 6.20 Å². The molecule has 0 saturated heterocycles. The van der Waals surface area contributed by atoms with E-state index in [9.17, 15) is 0 Å². The molecule has 1 atom stereocenters. The maximum atomic E-state index is 5.93. The highest BCUT2D eigenvalue weighted by Gasteiger charge is 2.14. The molecule has 2 N–H and O–H groups in total. The van der Waals surface area contributed by atoms with E-state index in [4.69, 9.17) is 10.3 Å². The summed E-state index contributed by atoms with van der Waals surface area (Å²) in [6.07, 6.45) is 3.58. The van der Waals surface area contributed by atoms with Crippen molar-refractivity contribution in [2.24, 2.45) is 5.73 Å². The highest BCUT2D eigenvalue weighted by atomic mass is 16.5. The number of pyridine rings is 1. The van der Waals surface area contributed by atoms with Crippen LogP contribution in [0.5, 0.6) is 0 Å². The van der Waals surface area contributed by atoms with Gasteiger partial charge in [-0.05, 0) is 25.5 Å². The van der Waals surface area contributed by atoms with Gasteiger partial charge in [-0.3, -0.25) is 4.98 Å². The molecule has 0 fully saturated rings. The Balaban J connectivity index is 2.23. The van der Waals surface area contributed by atoms with Crippen molar-refractivity contribution >= 4 is 0 Å². The normalized spacial score (nSPS) is 12.6. The van der Waals surface area contributed by atoms with Gasteiger partial charge in [-0.25, -0.2) is 0 Å². The van der Waals surface area contributed by atoms with Crippen molar-refractivity contribution in [3.05, 3.63) is 29.8 Å². The Hall–Kier alpha value is -1.75. The minimum Gasteiger partial charge on any atom is -0.334 e. The number of rotatable bonds is 4. The van der Waals surface area contributed by atoms with E-state index in [0.717, 1.165) is 24.1 Å². The lowest BCUT2D eigenvalue weighted by atomic mass is 10.2. The van der Waals surface area contributed by atoms with Crippen molar-refractivity contribution in [2.45, 2.75) is 32.7 Å². The molecule has 0 saturated carbocycles. The zero-order valence-corrected chi connectivity index (χ0v) is 10.1. The average molecular weight is 232 g/mol. The van der Waals surface area contributed by atoms with Crippen LogP contribution in [0.3, 0.4) is 0 Å². The second-order valence-corrected chi connectivity index (χ2v) is 4.04. The summed E-state index contributed by atoms with van der Waals surface area (Å²) < 4.78 is 5.20. The van der Waals surface area contributed by atoms with Gasteiger partial charge in [0.05, 0.1) is 6.04 Å². The first kappa shape index (κ1) is 11.7. The zero-order chi connectivity index (χ0) is 12.3. The Kier molecular flexibility index (Phi) is 3.49. The number of aromatic nitrogens is 3. The maximum absolute atomic E-state index is 5.93. The molecule has 0 bridgehead atoms. The Labute approximate surface area is 100 Å². The van der Waals surface area contributed by atoms with Crippen molar-refractivity contribution in [1.82, 2.24) is 15.1 Å². The SMILES string of the molecule is CCCC(N)c1noc(-c2ccnc(C)c2)n1. The third kappa shape index (κ3) is 2.68. The van der Waals surface area contributed by atoms with Crippen LogP contribution in [-0.4, -0.2) is 15.1 Å².